The smallest absolute Gasteiger partial charge is 0.237 e. The van der Waals surface area contributed by atoms with E-state index in [2.05, 4.69) is 36.8 Å². The minimum absolute atomic E-state index is 0.0125. The van der Waals surface area contributed by atoms with Gasteiger partial charge in [0, 0.05) is 24.0 Å². The Bertz CT molecular complexity index is 1410. The van der Waals surface area contributed by atoms with Crippen LogP contribution in [-0.2, 0) is 21.4 Å². The molecule has 4 N–H and O–H groups in total. The molecule has 0 bridgehead atoms. The average molecular weight is 486 g/mol. The van der Waals surface area contributed by atoms with Crippen LogP contribution in [0.3, 0.4) is 0 Å². The zero-order valence-electron chi connectivity index (χ0n) is 21.3. The summed E-state index contributed by atoms with van der Waals surface area (Å²) in [6, 6.07) is 10.2. The Hall–Kier alpha value is -3.90. The summed E-state index contributed by atoms with van der Waals surface area (Å²) in [7, 11) is 0. The number of rotatable bonds is 2. The van der Waals surface area contributed by atoms with Crippen LogP contribution in [0.1, 0.15) is 51.3 Å². The molecule has 1 saturated heterocycles. The lowest BCUT2D eigenvalue weighted by molar-refractivity contribution is -0.116. The molecule has 2 aliphatic rings. The number of nitrogen functional groups attached to an aromatic ring is 2. The van der Waals surface area contributed by atoms with E-state index in [1.54, 1.807) is 4.90 Å². The number of hydrogen-bond donors (Lipinski definition) is 2. The number of ether oxygens (including phenoxy) is 1. The fourth-order valence-electron chi connectivity index (χ4n) is 5.26. The molecule has 0 radical (unpaired) electrons. The first-order valence-electron chi connectivity index (χ1n) is 12.1. The summed E-state index contributed by atoms with van der Waals surface area (Å²) in [5.41, 5.74) is 15.6. The molecular formula is C27H31N7O2. The molecule has 1 amide bonds. The molecule has 0 spiro atoms. The van der Waals surface area contributed by atoms with Crippen molar-refractivity contribution in [3.63, 3.8) is 0 Å². The van der Waals surface area contributed by atoms with Crippen LogP contribution in [-0.4, -0.2) is 41.2 Å². The van der Waals surface area contributed by atoms with Crippen LogP contribution in [0.4, 0.5) is 29.0 Å². The zero-order valence-corrected chi connectivity index (χ0v) is 21.3. The van der Waals surface area contributed by atoms with Gasteiger partial charge in [0.15, 0.2) is 0 Å². The molecule has 9 nitrogen and oxygen atoms in total. The second-order valence-electron chi connectivity index (χ2n) is 10.7. The average Bonchev–Trinajstić information content (AvgIpc) is 3.13. The molecular weight excluding hydrogens is 454 g/mol. The van der Waals surface area contributed by atoms with Crippen molar-refractivity contribution in [3.8, 4) is 6.07 Å². The van der Waals surface area contributed by atoms with Crippen molar-refractivity contribution in [3.05, 3.63) is 41.0 Å². The highest BCUT2D eigenvalue weighted by Gasteiger charge is 2.36. The SMILES string of the molecule is C[C@H]1CN(c2nc(N)c3c(N)nc4c(c3c2C#N)CC(=O)N4c2ccc(C(C)(C)C)cc2)C[C@H](C)O1. The number of carbonyl (C=O) groups excluding carboxylic acids is 1. The molecule has 1 fully saturated rings. The van der Waals surface area contributed by atoms with E-state index in [0.717, 1.165) is 5.56 Å². The van der Waals surface area contributed by atoms with Crippen LogP contribution >= 0.6 is 0 Å². The number of carbonyl (C=O) groups is 1. The van der Waals surface area contributed by atoms with Crippen molar-refractivity contribution in [1.82, 2.24) is 9.97 Å². The number of anilines is 5. The minimum atomic E-state index is -0.137. The Morgan fingerprint density at radius 1 is 1.00 bits per heavy atom. The first-order valence-corrected chi connectivity index (χ1v) is 12.1. The van der Waals surface area contributed by atoms with E-state index in [9.17, 15) is 10.1 Å². The minimum Gasteiger partial charge on any atom is -0.383 e. The topological polar surface area (TPSA) is 134 Å². The predicted molar refractivity (Wildman–Crippen MR) is 141 cm³/mol. The van der Waals surface area contributed by atoms with Crippen molar-refractivity contribution in [2.24, 2.45) is 0 Å². The highest BCUT2D eigenvalue weighted by molar-refractivity contribution is 6.15. The van der Waals surface area contributed by atoms with E-state index in [1.807, 2.05) is 43.0 Å². The summed E-state index contributed by atoms with van der Waals surface area (Å²) in [5, 5.41) is 11.3. The summed E-state index contributed by atoms with van der Waals surface area (Å²) in [6.45, 7) is 11.5. The number of aromatic nitrogens is 2. The Morgan fingerprint density at radius 3 is 2.14 bits per heavy atom. The third-order valence-electron chi connectivity index (χ3n) is 6.87. The number of pyridine rings is 2. The Morgan fingerprint density at radius 2 is 1.58 bits per heavy atom. The largest absolute Gasteiger partial charge is 0.383 e. The van der Waals surface area contributed by atoms with Crippen LogP contribution in [0.2, 0.25) is 0 Å². The molecule has 1 aromatic carbocycles. The van der Waals surface area contributed by atoms with Crippen LogP contribution in [0, 0.1) is 11.3 Å². The molecule has 4 heterocycles. The molecule has 186 valence electrons. The van der Waals surface area contributed by atoms with Gasteiger partial charge in [-0.25, -0.2) is 9.97 Å². The van der Waals surface area contributed by atoms with Gasteiger partial charge in [0.1, 0.15) is 34.9 Å². The third kappa shape index (κ3) is 3.78. The summed E-state index contributed by atoms with van der Waals surface area (Å²) in [5.74, 6) is 1.12. The summed E-state index contributed by atoms with van der Waals surface area (Å²) in [6.07, 6.45) is 0.0360. The van der Waals surface area contributed by atoms with Crippen molar-refractivity contribution < 1.29 is 9.53 Å². The maximum absolute atomic E-state index is 13.3. The molecule has 0 unspecified atom stereocenters. The third-order valence-corrected chi connectivity index (χ3v) is 6.87. The van der Waals surface area contributed by atoms with Gasteiger partial charge in [0.05, 0.1) is 29.7 Å². The van der Waals surface area contributed by atoms with Crippen LogP contribution in [0.25, 0.3) is 10.8 Å². The van der Waals surface area contributed by atoms with Crippen LogP contribution in [0.5, 0.6) is 0 Å². The van der Waals surface area contributed by atoms with Gasteiger partial charge >= 0.3 is 0 Å². The summed E-state index contributed by atoms with van der Waals surface area (Å²) >= 11 is 0. The first kappa shape index (κ1) is 23.8. The number of morpholine rings is 1. The molecule has 9 heteroatoms. The molecule has 3 aromatic rings. The van der Waals surface area contributed by atoms with Gasteiger partial charge in [0.25, 0.3) is 0 Å². The van der Waals surface area contributed by atoms with Gasteiger partial charge in [-0.05, 0) is 37.0 Å². The van der Waals surface area contributed by atoms with Gasteiger partial charge in [0.2, 0.25) is 5.91 Å². The van der Waals surface area contributed by atoms with E-state index in [1.165, 1.54) is 0 Å². The van der Waals surface area contributed by atoms with Crippen molar-refractivity contribution in [2.75, 3.05) is 34.4 Å². The Kier molecular flexibility index (Phi) is 5.52. The van der Waals surface area contributed by atoms with Gasteiger partial charge in [-0.1, -0.05) is 32.9 Å². The van der Waals surface area contributed by atoms with Gasteiger partial charge in [-0.15, -0.1) is 0 Å². The highest BCUT2D eigenvalue weighted by atomic mass is 16.5. The summed E-state index contributed by atoms with van der Waals surface area (Å²) < 4.78 is 5.86. The molecule has 36 heavy (non-hydrogen) atoms. The van der Waals surface area contributed by atoms with Crippen molar-refractivity contribution in [2.45, 2.75) is 58.7 Å². The van der Waals surface area contributed by atoms with E-state index in [-0.39, 0.29) is 41.6 Å². The maximum atomic E-state index is 13.3. The normalized spacial score (nSPS) is 20.1. The van der Waals surface area contributed by atoms with Crippen molar-refractivity contribution in [1.29, 1.82) is 5.26 Å². The van der Waals surface area contributed by atoms with E-state index >= 15 is 0 Å². The number of nitrogens with zero attached hydrogens (tertiary/aromatic N) is 5. The maximum Gasteiger partial charge on any atom is 0.237 e. The number of hydrogen-bond acceptors (Lipinski definition) is 8. The van der Waals surface area contributed by atoms with Gasteiger partial charge in [-0.3, -0.25) is 9.69 Å². The molecule has 2 atom stereocenters. The van der Waals surface area contributed by atoms with E-state index in [0.29, 0.717) is 52.3 Å². The van der Waals surface area contributed by atoms with Crippen LogP contribution < -0.4 is 21.3 Å². The van der Waals surface area contributed by atoms with E-state index in [4.69, 9.17) is 16.2 Å². The molecule has 5 rings (SSSR count). The lowest BCUT2D eigenvalue weighted by Crippen LogP contribution is -2.46. The fourth-order valence-corrected chi connectivity index (χ4v) is 5.26. The number of nitriles is 1. The number of benzene rings is 1. The quantitative estimate of drug-likeness (QED) is 0.560. The molecule has 0 aliphatic carbocycles. The second kappa shape index (κ2) is 8.35. The van der Waals surface area contributed by atoms with E-state index < -0.39 is 0 Å². The van der Waals surface area contributed by atoms with Gasteiger partial charge in [-0.2, -0.15) is 5.26 Å². The number of fused-ring (bicyclic) bond motifs is 3. The second-order valence-corrected chi connectivity index (χ2v) is 10.7. The van der Waals surface area contributed by atoms with Gasteiger partial charge < -0.3 is 21.1 Å². The molecule has 2 aliphatic heterocycles. The standard InChI is InChI=1S/C27H31N7O2/c1-14-12-33(13-15(2)36-14)25-19(11-28)21-18-10-20(35)34(17-8-6-16(7-9-17)27(3,4)5)26(18)32-24(30)22(21)23(29)31-25/h6-9,14-15H,10,12-13H2,1-5H3,(H2,29,31)(H2,30,32)/t14-,15-/m0/s1. The predicted octanol–water partition coefficient (Wildman–Crippen LogP) is 3.80. The number of amides is 1. The zero-order chi connectivity index (χ0) is 25.9. The Balaban J connectivity index is 1.70. The molecule has 2 aromatic heterocycles. The Labute approximate surface area is 210 Å². The highest BCUT2D eigenvalue weighted by Crippen LogP contribution is 2.44. The summed E-state index contributed by atoms with van der Waals surface area (Å²) in [4.78, 5) is 26.1. The number of nitrogens with two attached hydrogens (primary N) is 2. The lowest BCUT2D eigenvalue weighted by Gasteiger charge is -2.36. The molecule has 0 saturated carbocycles. The van der Waals surface area contributed by atoms with Crippen LogP contribution in [0.15, 0.2) is 24.3 Å². The monoisotopic (exact) mass is 485 g/mol. The first-order chi connectivity index (χ1) is 17.0. The van der Waals surface area contributed by atoms with Crippen molar-refractivity contribution >= 4 is 45.6 Å². The lowest BCUT2D eigenvalue weighted by atomic mass is 9.87. The fraction of sp³-hybridized carbons (Fsp3) is 0.407.